The van der Waals surface area contributed by atoms with Crippen molar-refractivity contribution in [3.05, 3.63) is 65.2 Å². The molecule has 1 aliphatic heterocycles. The van der Waals surface area contributed by atoms with Crippen LogP contribution in [0.2, 0.25) is 0 Å². The number of rotatable bonds is 7. The Bertz CT molecular complexity index is 902. The summed E-state index contributed by atoms with van der Waals surface area (Å²) in [5.41, 5.74) is 0.247. The molecule has 9 heteroatoms. The Hall–Kier alpha value is -3.20. The van der Waals surface area contributed by atoms with Gasteiger partial charge in [-0.3, -0.25) is 9.69 Å². The molecule has 2 atom stereocenters. The molecule has 1 aliphatic rings. The number of β-amino-alcohol motifs (C(OH)–C–C–N with tert-alkyl or cyclic N) is 1. The SMILES string of the molecule is COc1cc(F)c([C@@H]2CN(CCO)C(=O)[C@H]2N(Cc2ccccc2)C(=O)O)c(F)c1. The summed E-state index contributed by atoms with van der Waals surface area (Å²) in [5, 5.41) is 19.1. The lowest BCUT2D eigenvalue weighted by Crippen LogP contribution is -2.46. The molecule has 2 aromatic carbocycles. The molecular weight excluding hydrogens is 398 g/mol. The van der Waals surface area contributed by atoms with Gasteiger partial charge >= 0.3 is 6.09 Å². The molecule has 30 heavy (non-hydrogen) atoms. The Labute approximate surface area is 172 Å². The molecule has 2 N–H and O–H groups in total. The monoisotopic (exact) mass is 420 g/mol. The lowest BCUT2D eigenvalue weighted by atomic mass is 9.91. The van der Waals surface area contributed by atoms with Gasteiger partial charge in [-0.2, -0.15) is 0 Å². The van der Waals surface area contributed by atoms with Crippen molar-refractivity contribution in [1.29, 1.82) is 0 Å². The van der Waals surface area contributed by atoms with E-state index >= 15 is 0 Å². The van der Waals surface area contributed by atoms with Crippen LogP contribution in [0, 0.1) is 11.6 Å². The van der Waals surface area contributed by atoms with E-state index in [4.69, 9.17) is 4.74 Å². The van der Waals surface area contributed by atoms with Gasteiger partial charge in [0.15, 0.2) is 0 Å². The molecule has 3 rings (SSSR count). The topological polar surface area (TPSA) is 90.3 Å². The van der Waals surface area contributed by atoms with Crippen molar-refractivity contribution in [2.45, 2.75) is 18.5 Å². The standard InChI is InChI=1S/C21H22F2N2O5/c1-30-14-9-16(22)18(17(23)10-14)15-12-24(7-8-26)20(27)19(15)25(21(28)29)11-13-5-3-2-4-6-13/h2-6,9-10,15,19,26H,7-8,11-12H2,1H3,(H,28,29)/t15-,19-/m0/s1. The van der Waals surface area contributed by atoms with Crippen LogP contribution in [0.3, 0.4) is 0 Å². The van der Waals surface area contributed by atoms with Gasteiger partial charge in [-0.15, -0.1) is 0 Å². The van der Waals surface area contributed by atoms with Gasteiger partial charge in [0, 0.05) is 43.2 Å². The molecule has 2 aromatic rings. The number of methoxy groups -OCH3 is 1. The van der Waals surface area contributed by atoms with Crippen LogP contribution < -0.4 is 4.74 Å². The molecule has 1 saturated heterocycles. The minimum Gasteiger partial charge on any atom is -0.497 e. The summed E-state index contributed by atoms with van der Waals surface area (Å²) in [7, 11) is 1.27. The molecule has 0 bridgehead atoms. The maximum absolute atomic E-state index is 14.8. The summed E-state index contributed by atoms with van der Waals surface area (Å²) in [5.74, 6) is -3.57. The molecule has 7 nitrogen and oxygen atoms in total. The quantitative estimate of drug-likeness (QED) is 0.718. The van der Waals surface area contributed by atoms with E-state index < -0.39 is 35.6 Å². The average molecular weight is 420 g/mol. The largest absolute Gasteiger partial charge is 0.497 e. The second kappa shape index (κ2) is 9.08. The van der Waals surface area contributed by atoms with E-state index in [0.29, 0.717) is 5.56 Å². The first-order valence-electron chi connectivity index (χ1n) is 9.33. The number of likely N-dealkylation sites (tertiary alicyclic amines) is 1. The third-order valence-corrected chi connectivity index (χ3v) is 5.17. The minimum absolute atomic E-state index is 0.0267. The molecule has 2 amide bonds. The molecule has 0 spiro atoms. The van der Waals surface area contributed by atoms with Crippen LogP contribution in [-0.4, -0.2) is 64.9 Å². The second-order valence-corrected chi connectivity index (χ2v) is 6.96. The van der Waals surface area contributed by atoms with E-state index in [-0.39, 0.29) is 37.6 Å². The number of carboxylic acid groups (broad SMARTS) is 1. The number of nitrogens with zero attached hydrogens (tertiary/aromatic N) is 2. The first kappa shape index (κ1) is 21.5. The highest BCUT2D eigenvalue weighted by Crippen LogP contribution is 2.37. The first-order valence-corrected chi connectivity index (χ1v) is 9.33. The number of hydrogen-bond acceptors (Lipinski definition) is 4. The van der Waals surface area contributed by atoms with Crippen molar-refractivity contribution in [3.63, 3.8) is 0 Å². The fourth-order valence-corrected chi connectivity index (χ4v) is 3.81. The van der Waals surface area contributed by atoms with Gasteiger partial charge in [-0.05, 0) is 5.56 Å². The highest BCUT2D eigenvalue weighted by atomic mass is 19.1. The maximum Gasteiger partial charge on any atom is 0.408 e. The summed E-state index contributed by atoms with van der Waals surface area (Å²) in [4.78, 5) is 27.2. The van der Waals surface area contributed by atoms with Crippen molar-refractivity contribution in [2.24, 2.45) is 0 Å². The Morgan fingerprint density at radius 2 is 1.87 bits per heavy atom. The zero-order valence-corrected chi connectivity index (χ0v) is 16.3. The number of hydrogen-bond donors (Lipinski definition) is 2. The predicted molar refractivity (Wildman–Crippen MR) is 103 cm³/mol. The number of benzene rings is 2. The second-order valence-electron chi connectivity index (χ2n) is 6.96. The van der Waals surface area contributed by atoms with E-state index in [1.54, 1.807) is 30.3 Å². The summed E-state index contributed by atoms with van der Waals surface area (Å²) in [6.45, 7) is -0.674. The number of ether oxygens (including phenoxy) is 1. The van der Waals surface area contributed by atoms with Crippen molar-refractivity contribution in [1.82, 2.24) is 9.80 Å². The molecule has 0 aromatic heterocycles. The molecule has 0 aliphatic carbocycles. The Balaban J connectivity index is 2.05. The van der Waals surface area contributed by atoms with Crippen LogP contribution in [0.4, 0.5) is 13.6 Å². The Morgan fingerprint density at radius 1 is 1.23 bits per heavy atom. The molecule has 0 saturated carbocycles. The normalized spacial score (nSPS) is 18.5. The Kier molecular flexibility index (Phi) is 6.51. The van der Waals surface area contributed by atoms with E-state index in [1.165, 1.54) is 12.0 Å². The van der Waals surface area contributed by atoms with E-state index in [1.807, 2.05) is 0 Å². The number of carbonyl (C=O) groups excluding carboxylic acids is 1. The molecular formula is C21H22F2N2O5. The zero-order valence-electron chi connectivity index (χ0n) is 16.3. The van der Waals surface area contributed by atoms with Gasteiger partial charge in [0.25, 0.3) is 0 Å². The molecule has 1 fully saturated rings. The zero-order chi connectivity index (χ0) is 21.8. The third-order valence-electron chi connectivity index (χ3n) is 5.17. The van der Waals surface area contributed by atoms with Gasteiger partial charge in [-0.25, -0.2) is 13.6 Å². The van der Waals surface area contributed by atoms with Crippen LogP contribution in [-0.2, 0) is 11.3 Å². The summed E-state index contributed by atoms with van der Waals surface area (Å²) >= 11 is 0. The summed E-state index contributed by atoms with van der Waals surface area (Å²) in [6.07, 6.45) is -1.39. The van der Waals surface area contributed by atoms with Gasteiger partial charge in [0.2, 0.25) is 5.91 Å². The van der Waals surface area contributed by atoms with Crippen molar-refractivity contribution < 1.29 is 33.3 Å². The molecule has 0 radical (unpaired) electrons. The molecule has 0 unspecified atom stereocenters. The third kappa shape index (κ3) is 4.20. The molecule has 1 heterocycles. The smallest absolute Gasteiger partial charge is 0.408 e. The minimum atomic E-state index is -1.39. The van der Waals surface area contributed by atoms with Crippen LogP contribution >= 0.6 is 0 Å². The fraction of sp³-hybridized carbons (Fsp3) is 0.333. The summed E-state index contributed by atoms with van der Waals surface area (Å²) in [6, 6.07) is 9.27. The lowest BCUT2D eigenvalue weighted by Gasteiger charge is -2.29. The number of halogens is 2. The van der Waals surface area contributed by atoms with Crippen LogP contribution in [0.5, 0.6) is 5.75 Å². The van der Waals surface area contributed by atoms with Gasteiger partial charge in [-0.1, -0.05) is 30.3 Å². The highest BCUT2D eigenvalue weighted by Gasteiger charge is 2.48. The maximum atomic E-state index is 14.8. The average Bonchev–Trinajstić information content (AvgIpc) is 3.02. The van der Waals surface area contributed by atoms with Gasteiger partial charge in [0.1, 0.15) is 23.4 Å². The summed E-state index contributed by atoms with van der Waals surface area (Å²) < 4.78 is 34.4. The van der Waals surface area contributed by atoms with Crippen LogP contribution in [0.25, 0.3) is 0 Å². The number of aliphatic hydroxyl groups excluding tert-OH is 1. The number of amides is 2. The van der Waals surface area contributed by atoms with E-state index in [2.05, 4.69) is 0 Å². The van der Waals surface area contributed by atoms with E-state index in [9.17, 15) is 28.6 Å². The van der Waals surface area contributed by atoms with Crippen LogP contribution in [0.15, 0.2) is 42.5 Å². The number of carbonyl (C=O) groups is 2. The number of aliphatic hydroxyl groups is 1. The highest BCUT2D eigenvalue weighted by molar-refractivity contribution is 5.89. The first-order chi connectivity index (χ1) is 14.4. The van der Waals surface area contributed by atoms with Gasteiger partial charge < -0.3 is 19.8 Å². The van der Waals surface area contributed by atoms with E-state index in [0.717, 1.165) is 17.0 Å². The Morgan fingerprint density at radius 3 is 2.40 bits per heavy atom. The van der Waals surface area contributed by atoms with Crippen molar-refractivity contribution in [3.8, 4) is 5.75 Å². The lowest BCUT2D eigenvalue weighted by molar-refractivity contribution is -0.132. The van der Waals surface area contributed by atoms with Crippen LogP contribution in [0.1, 0.15) is 17.0 Å². The van der Waals surface area contributed by atoms with Crippen molar-refractivity contribution in [2.75, 3.05) is 26.8 Å². The fourth-order valence-electron chi connectivity index (χ4n) is 3.81. The predicted octanol–water partition coefficient (Wildman–Crippen LogP) is 2.44. The van der Waals surface area contributed by atoms with Crippen molar-refractivity contribution >= 4 is 12.0 Å². The van der Waals surface area contributed by atoms with Gasteiger partial charge in [0.05, 0.1) is 13.7 Å². The molecule has 160 valence electrons.